The predicted octanol–water partition coefficient (Wildman–Crippen LogP) is 3.82. The van der Waals surface area contributed by atoms with Gasteiger partial charge in [0.05, 0.1) is 0 Å². The summed E-state index contributed by atoms with van der Waals surface area (Å²) in [6, 6.07) is 11.8. The molecule has 0 radical (unpaired) electrons. The molecule has 2 nitrogen and oxygen atoms in total. The van der Waals surface area contributed by atoms with Gasteiger partial charge in [-0.2, -0.15) is 0 Å². The third-order valence-electron chi connectivity index (χ3n) is 4.48. The number of hydrogen-bond donors (Lipinski definition) is 1. The summed E-state index contributed by atoms with van der Waals surface area (Å²) in [5.41, 5.74) is 1.67. The molecule has 2 heteroatoms. The zero-order valence-electron chi connectivity index (χ0n) is 14.1. The van der Waals surface area contributed by atoms with Gasteiger partial charge in [0.15, 0.2) is 0 Å². The van der Waals surface area contributed by atoms with Crippen LogP contribution in [0.4, 0.5) is 0 Å². The molecule has 0 amide bonds. The number of nitrogens with one attached hydrogen (secondary N) is 1. The average Bonchev–Trinajstić information content (AvgIpc) is 3.31. The lowest BCUT2D eigenvalue weighted by Crippen LogP contribution is -2.46. The quantitative estimate of drug-likeness (QED) is 0.704. The lowest BCUT2D eigenvalue weighted by Gasteiger charge is -2.36. The molecule has 1 aromatic rings. The van der Waals surface area contributed by atoms with E-state index >= 15 is 0 Å². The van der Waals surface area contributed by atoms with Crippen molar-refractivity contribution in [1.29, 1.82) is 0 Å². The van der Waals surface area contributed by atoms with E-state index < -0.39 is 0 Å². The van der Waals surface area contributed by atoms with Crippen molar-refractivity contribution < 1.29 is 0 Å². The first-order chi connectivity index (χ1) is 10.2. The van der Waals surface area contributed by atoms with Gasteiger partial charge in [-0.05, 0) is 44.3 Å². The number of nitrogens with zero attached hydrogens (tertiary/aromatic N) is 1. The van der Waals surface area contributed by atoms with E-state index in [1.54, 1.807) is 0 Å². The molecule has 1 atom stereocenters. The van der Waals surface area contributed by atoms with Crippen molar-refractivity contribution in [3.8, 4) is 0 Å². The van der Waals surface area contributed by atoms with Gasteiger partial charge in [-0.25, -0.2) is 0 Å². The highest BCUT2D eigenvalue weighted by atomic mass is 15.1. The van der Waals surface area contributed by atoms with E-state index in [1.807, 2.05) is 0 Å². The second-order valence-corrected chi connectivity index (χ2v) is 6.86. The minimum atomic E-state index is 0.203. The van der Waals surface area contributed by atoms with Crippen molar-refractivity contribution in [2.45, 2.75) is 57.9 Å². The second-order valence-electron chi connectivity index (χ2n) is 6.86. The van der Waals surface area contributed by atoms with Crippen LogP contribution in [0.1, 0.15) is 52.0 Å². The van der Waals surface area contributed by atoms with Crippen LogP contribution in [0.3, 0.4) is 0 Å². The molecule has 1 fully saturated rings. The maximum Gasteiger partial charge on any atom is 0.0177 e. The van der Waals surface area contributed by atoms with Crippen molar-refractivity contribution in [3.05, 3.63) is 35.9 Å². The van der Waals surface area contributed by atoms with E-state index in [0.717, 1.165) is 19.1 Å². The van der Waals surface area contributed by atoms with Gasteiger partial charge in [-0.15, -0.1) is 0 Å². The van der Waals surface area contributed by atoms with Crippen LogP contribution in [0.2, 0.25) is 0 Å². The van der Waals surface area contributed by atoms with Crippen molar-refractivity contribution in [2.75, 3.05) is 26.2 Å². The Hall–Kier alpha value is -0.860. The molecular formula is C19H32N2. The molecule has 0 heterocycles. The molecule has 1 saturated carbocycles. The predicted molar refractivity (Wildman–Crippen MR) is 91.8 cm³/mol. The molecule has 2 rings (SSSR count). The van der Waals surface area contributed by atoms with E-state index in [0.29, 0.717) is 0 Å². The van der Waals surface area contributed by atoms with Crippen LogP contribution in [0.5, 0.6) is 0 Å². The Morgan fingerprint density at radius 1 is 1.10 bits per heavy atom. The van der Waals surface area contributed by atoms with Crippen LogP contribution < -0.4 is 5.32 Å². The second kappa shape index (κ2) is 7.95. The van der Waals surface area contributed by atoms with Gasteiger partial charge >= 0.3 is 0 Å². The first kappa shape index (κ1) is 16.5. The number of rotatable bonds is 10. The maximum absolute atomic E-state index is 3.76. The third-order valence-corrected chi connectivity index (χ3v) is 4.48. The molecule has 1 N–H and O–H groups in total. The minimum absolute atomic E-state index is 0.203. The standard InChI is InChI=1S/C19H32N2/c1-4-13-21(14-5-2)16-19(3,15-20-18-11-12-18)17-9-7-6-8-10-17/h6-10,18,20H,4-5,11-16H2,1-3H3. The highest BCUT2D eigenvalue weighted by molar-refractivity contribution is 5.26. The summed E-state index contributed by atoms with van der Waals surface area (Å²) in [6.07, 6.45) is 5.19. The van der Waals surface area contributed by atoms with Gasteiger partial charge in [0.25, 0.3) is 0 Å². The van der Waals surface area contributed by atoms with Crippen molar-refractivity contribution in [2.24, 2.45) is 0 Å². The summed E-state index contributed by atoms with van der Waals surface area (Å²) in [7, 11) is 0. The third kappa shape index (κ3) is 5.12. The molecular weight excluding hydrogens is 256 g/mol. The zero-order valence-corrected chi connectivity index (χ0v) is 14.1. The van der Waals surface area contributed by atoms with Crippen LogP contribution in [0.25, 0.3) is 0 Å². The largest absolute Gasteiger partial charge is 0.313 e. The molecule has 0 aromatic heterocycles. The van der Waals surface area contributed by atoms with Gasteiger partial charge in [-0.1, -0.05) is 51.1 Å². The highest BCUT2D eigenvalue weighted by Gasteiger charge is 2.31. The van der Waals surface area contributed by atoms with Crippen LogP contribution in [-0.4, -0.2) is 37.1 Å². The monoisotopic (exact) mass is 288 g/mol. The topological polar surface area (TPSA) is 15.3 Å². The Labute approximate surface area is 130 Å². The Morgan fingerprint density at radius 3 is 2.24 bits per heavy atom. The molecule has 1 unspecified atom stereocenters. The summed E-state index contributed by atoms with van der Waals surface area (Å²) in [5, 5.41) is 3.76. The normalized spacial score (nSPS) is 17.9. The van der Waals surface area contributed by atoms with Crippen LogP contribution in [0, 0.1) is 0 Å². The summed E-state index contributed by atoms with van der Waals surface area (Å²) in [4.78, 5) is 2.64. The van der Waals surface area contributed by atoms with E-state index in [9.17, 15) is 0 Å². The van der Waals surface area contributed by atoms with Gasteiger partial charge in [0, 0.05) is 24.5 Å². The SMILES string of the molecule is CCCN(CCC)CC(C)(CNC1CC1)c1ccccc1. The molecule has 0 spiro atoms. The first-order valence-electron chi connectivity index (χ1n) is 8.69. The highest BCUT2D eigenvalue weighted by Crippen LogP contribution is 2.27. The summed E-state index contributed by atoms with van der Waals surface area (Å²) < 4.78 is 0. The van der Waals surface area contributed by atoms with Crippen molar-refractivity contribution >= 4 is 0 Å². The van der Waals surface area contributed by atoms with Crippen molar-refractivity contribution in [1.82, 2.24) is 10.2 Å². The lowest BCUT2D eigenvalue weighted by molar-refractivity contribution is 0.210. The molecule has 0 aliphatic heterocycles. The lowest BCUT2D eigenvalue weighted by atomic mass is 9.81. The molecule has 21 heavy (non-hydrogen) atoms. The Kier molecular flexibility index (Phi) is 6.25. The Balaban J connectivity index is 2.09. The average molecular weight is 288 g/mol. The zero-order chi connectivity index (χ0) is 15.1. The van der Waals surface area contributed by atoms with Crippen molar-refractivity contribution in [3.63, 3.8) is 0 Å². The number of benzene rings is 1. The Morgan fingerprint density at radius 2 is 1.71 bits per heavy atom. The van der Waals surface area contributed by atoms with Crippen LogP contribution >= 0.6 is 0 Å². The van der Waals surface area contributed by atoms with E-state index in [4.69, 9.17) is 0 Å². The smallest absolute Gasteiger partial charge is 0.0177 e. The molecule has 0 saturated heterocycles. The van der Waals surface area contributed by atoms with Gasteiger partial charge in [0.2, 0.25) is 0 Å². The molecule has 1 aromatic carbocycles. The van der Waals surface area contributed by atoms with Crippen LogP contribution in [0.15, 0.2) is 30.3 Å². The fourth-order valence-electron chi connectivity index (χ4n) is 3.14. The summed E-state index contributed by atoms with van der Waals surface area (Å²) >= 11 is 0. The molecule has 0 bridgehead atoms. The minimum Gasteiger partial charge on any atom is -0.313 e. The van der Waals surface area contributed by atoms with E-state index in [1.165, 1.54) is 44.3 Å². The Bertz CT molecular complexity index is 393. The summed E-state index contributed by atoms with van der Waals surface area (Å²) in [5.74, 6) is 0. The van der Waals surface area contributed by atoms with Gasteiger partial charge in [-0.3, -0.25) is 0 Å². The van der Waals surface area contributed by atoms with Gasteiger partial charge < -0.3 is 10.2 Å². The van der Waals surface area contributed by atoms with Gasteiger partial charge in [0.1, 0.15) is 0 Å². The molecule has 1 aliphatic rings. The first-order valence-corrected chi connectivity index (χ1v) is 8.69. The molecule has 1 aliphatic carbocycles. The fraction of sp³-hybridized carbons (Fsp3) is 0.684. The van der Waals surface area contributed by atoms with Crippen LogP contribution in [-0.2, 0) is 5.41 Å². The van der Waals surface area contributed by atoms with E-state index in [-0.39, 0.29) is 5.41 Å². The van der Waals surface area contributed by atoms with E-state index in [2.05, 4.69) is 61.3 Å². The number of hydrogen-bond acceptors (Lipinski definition) is 2. The molecule has 118 valence electrons. The fourth-order valence-corrected chi connectivity index (χ4v) is 3.14. The maximum atomic E-state index is 3.76. The summed E-state index contributed by atoms with van der Waals surface area (Å²) in [6.45, 7) is 11.6.